The van der Waals surface area contributed by atoms with Gasteiger partial charge in [-0.1, -0.05) is 18.2 Å². The molecule has 1 aromatic carbocycles. The van der Waals surface area contributed by atoms with Crippen molar-refractivity contribution in [2.45, 2.75) is 26.8 Å². The molecular weight excluding hydrogens is 344 g/mol. The van der Waals surface area contributed by atoms with Crippen LogP contribution in [0.2, 0.25) is 0 Å². The van der Waals surface area contributed by atoms with Crippen molar-refractivity contribution >= 4 is 11.7 Å². The van der Waals surface area contributed by atoms with Crippen LogP contribution in [0.15, 0.2) is 43.0 Å². The number of nitrogens with zero attached hydrogens (tertiary/aromatic N) is 7. The van der Waals surface area contributed by atoms with E-state index in [1.54, 1.807) is 15.5 Å². The third kappa shape index (κ3) is 3.52. The first-order valence-electron chi connectivity index (χ1n) is 8.49. The Hall–Kier alpha value is -3.62. The van der Waals surface area contributed by atoms with Gasteiger partial charge < -0.3 is 5.32 Å². The number of para-hydroxylation sites is 1. The summed E-state index contributed by atoms with van der Waals surface area (Å²) in [5, 5.41) is 11.4. The molecule has 1 N–H and O–H groups in total. The van der Waals surface area contributed by atoms with Crippen LogP contribution in [-0.4, -0.2) is 40.3 Å². The van der Waals surface area contributed by atoms with E-state index in [-0.39, 0.29) is 12.3 Å². The van der Waals surface area contributed by atoms with Crippen LogP contribution >= 0.6 is 0 Å². The zero-order valence-corrected chi connectivity index (χ0v) is 15.0. The highest BCUT2D eigenvalue weighted by molar-refractivity contribution is 5.77. The van der Waals surface area contributed by atoms with E-state index >= 15 is 0 Å². The summed E-state index contributed by atoms with van der Waals surface area (Å²) in [6.07, 6.45) is 3.19. The fourth-order valence-corrected chi connectivity index (χ4v) is 2.90. The molecule has 0 saturated carbocycles. The Bertz CT molecular complexity index is 1100. The number of carbonyl (C=O) groups is 1. The average Bonchev–Trinajstić information content (AvgIpc) is 3.30. The Morgan fingerprint density at radius 1 is 1.19 bits per heavy atom. The molecule has 136 valence electrons. The average molecular weight is 362 g/mol. The minimum Gasteiger partial charge on any atom is -0.352 e. The van der Waals surface area contributed by atoms with E-state index in [0.29, 0.717) is 18.1 Å². The number of hydrogen-bond donors (Lipinski definition) is 1. The summed E-state index contributed by atoms with van der Waals surface area (Å²) < 4.78 is 3.32. The summed E-state index contributed by atoms with van der Waals surface area (Å²) in [5.41, 5.74) is 3.61. The van der Waals surface area contributed by atoms with Gasteiger partial charge in [0.25, 0.3) is 5.78 Å². The zero-order chi connectivity index (χ0) is 18.8. The molecule has 0 aliphatic rings. The summed E-state index contributed by atoms with van der Waals surface area (Å²) in [5.74, 6) is 0.791. The van der Waals surface area contributed by atoms with Gasteiger partial charge in [0.2, 0.25) is 5.91 Å². The molecular formula is C18H18N8O. The Labute approximate surface area is 155 Å². The van der Waals surface area contributed by atoms with Gasteiger partial charge in [0.1, 0.15) is 12.7 Å². The van der Waals surface area contributed by atoms with E-state index in [1.165, 1.54) is 6.33 Å². The topological polar surface area (TPSA) is 103 Å². The van der Waals surface area contributed by atoms with Gasteiger partial charge in [0.15, 0.2) is 5.82 Å². The van der Waals surface area contributed by atoms with E-state index in [0.717, 1.165) is 22.6 Å². The second-order valence-corrected chi connectivity index (χ2v) is 6.20. The largest absolute Gasteiger partial charge is 0.352 e. The van der Waals surface area contributed by atoms with Crippen LogP contribution in [-0.2, 0) is 17.8 Å². The first-order chi connectivity index (χ1) is 13.1. The lowest BCUT2D eigenvalue weighted by Gasteiger charge is -2.09. The summed E-state index contributed by atoms with van der Waals surface area (Å²) >= 11 is 0. The highest BCUT2D eigenvalue weighted by Crippen LogP contribution is 2.12. The van der Waals surface area contributed by atoms with Gasteiger partial charge in [-0.2, -0.15) is 10.1 Å². The molecule has 4 rings (SSSR count). The number of amides is 1. The molecule has 0 fully saturated rings. The fraction of sp³-hybridized carbons (Fsp3) is 0.222. The second-order valence-electron chi connectivity index (χ2n) is 6.20. The van der Waals surface area contributed by atoms with Crippen molar-refractivity contribution in [1.82, 2.24) is 39.7 Å². The maximum absolute atomic E-state index is 12.4. The molecule has 1 amide bonds. The number of aryl methyl sites for hydroxylation is 2. The molecule has 0 saturated heterocycles. The van der Waals surface area contributed by atoms with Gasteiger partial charge in [-0.25, -0.2) is 19.2 Å². The highest BCUT2D eigenvalue weighted by atomic mass is 16.1. The monoisotopic (exact) mass is 362 g/mol. The van der Waals surface area contributed by atoms with Crippen LogP contribution < -0.4 is 5.32 Å². The number of benzene rings is 1. The van der Waals surface area contributed by atoms with Crippen molar-refractivity contribution in [2.75, 3.05) is 0 Å². The van der Waals surface area contributed by atoms with Crippen molar-refractivity contribution < 1.29 is 4.79 Å². The molecule has 0 unspecified atom stereocenters. The van der Waals surface area contributed by atoms with Gasteiger partial charge in [0.05, 0.1) is 12.1 Å². The first-order valence-corrected chi connectivity index (χ1v) is 8.49. The van der Waals surface area contributed by atoms with E-state index < -0.39 is 0 Å². The minimum absolute atomic E-state index is 0.0906. The first kappa shape index (κ1) is 16.8. The van der Waals surface area contributed by atoms with Crippen LogP contribution in [0.25, 0.3) is 11.5 Å². The summed E-state index contributed by atoms with van der Waals surface area (Å²) in [4.78, 5) is 25.0. The van der Waals surface area contributed by atoms with E-state index in [1.807, 2.05) is 44.2 Å². The molecule has 0 spiro atoms. The van der Waals surface area contributed by atoms with Crippen LogP contribution in [0.4, 0.5) is 0 Å². The minimum atomic E-state index is -0.159. The molecule has 9 nitrogen and oxygen atoms in total. The van der Waals surface area contributed by atoms with Gasteiger partial charge in [-0.05, 0) is 31.5 Å². The second kappa shape index (κ2) is 6.94. The highest BCUT2D eigenvalue weighted by Gasteiger charge is 2.12. The zero-order valence-electron chi connectivity index (χ0n) is 15.0. The third-order valence-corrected chi connectivity index (χ3v) is 4.11. The summed E-state index contributed by atoms with van der Waals surface area (Å²) in [6, 6.07) is 9.63. The molecule has 3 heterocycles. The van der Waals surface area contributed by atoms with Crippen LogP contribution in [0, 0.1) is 13.8 Å². The van der Waals surface area contributed by atoms with E-state index in [2.05, 4.69) is 30.5 Å². The lowest BCUT2D eigenvalue weighted by atomic mass is 10.1. The van der Waals surface area contributed by atoms with Crippen molar-refractivity contribution in [2.24, 2.45) is 0 Å². The lowest BCUT2D eigenvalue weighted by Crippen LogP contribution is -2.25. The number of hydrogen-bond acceptors (Lipinski definition) is 6. The van der Waals surface area contributed by atoms with Crippen LogP contribution in [0.5, 0.6) is 0 Å². The number of carbonyl (C=O) groups excluding carboxylic acids is 1. The van der Waals surface area contributed by atoms with Gasteiger partial charge in [-0.15, -0.1) is 5.10 Å². The molecule has 4 aromatic rings. The molecule has 0 aliphatic carbocycles. The predicted molar refractivity (Wildman–Crippen MR) is 97.2 cm³/mol. The van der Waals surface area contributed by atoms with Crippen molar-refractivity contribution in [1.29, 1.82) is 0 Å². The molecule has 3 aromatic heterocycles. The quantitative estimate of drug-likeness (QED) is 0.572. The maximum Gasteiger partial charge on any atom is 0.252 e. The molecule has 0 aliphatic heterocycles. The van der Waals surface area contributed by atoms with Crippen LogP contribution in [0.1, 0.15) is 22.8 Å². The summed E-state index contributed by atoms with van der Waals surface area (Å²) in [7, 11) is 0. The molecule has 0 bridgehead atoms. The normalized spacial score (nSPS) is 11.0. The Kier molecular flexibility index (Phi) is 4.33. The Morgan fingerprint density at radius 3 is 2.85 bits per heavy atom. The van der Waals surface area contributed by atoms with E-state index in [4.69, 9.17) is 0 Å². The molecule has 9 heteroatoms. The number of rotatable bonds is 5. The lowest BCUT2D eigenvalue weighted by molar-refractivity contribution is -0.120. The molecule has 0 radical (unpaired) electrons. The number of nitrogens with one attached hydrogen (secondary N) is 1. The third-order valence-electron chi connectivity index (χ3n) is 4.11. The smallest absolute Gasteiger partial charge is 0.252 e. The SMILES string of the molecule is Cc1cc(C)n2nc(CC(=O)NCc3ccccc3-n3cncn3)nc2n1. The van der Waals surface area contributed by atoms with Crippen molar-refractivity contribution in [3.8, 4) is 5.69 Å². The van der Waals surface area contributed by atoms with Gasteiger partial charge in [-0.3, -0.25) is 4.79 Å². The number of fused-ring (bicyclic) bond motifs is 1. The number of aromatic nitrogens is 7. The maximum atomic E-state index is 12.4. The van der Waals surface area contributed by atoms with E-state index in [9.17, 15) is 4.79 Å². The standard InChI is InChI=1S/C18H18N8O/c1-12-7-13(2)26-18(22-12)23-16(24-26)8-17(27)20-9-14-5-3-4-6-15(14)25-11-19-10-21-25/h3-7,10-11H,8-9H2,1-2H3,(H,20,27). The fourth-order valence-electron chi connectivity index (χ4n) is 2.90. The van der Waals surface area contributed by atoms with Crippen LogP contribution in [0.3, 0.4) is 0 Å². The Morgan fingerprint density at radius 2 is 2.04 bits per heavy atom. The van der Waals surface area contributed by atoms with Crippen molar-refractivity contribution in [3.05, 3.63) is 65.8 Å². The molecule has 0 atom stereocenters. The molecule has 27 heavy (non-hydrogen) atoms. The predicted octanol–water partition coefficient (Wildman–Crippen LogP) is 1.18. The van der Waals surface area contributed by atoms with Gasteiger partial charge in [0, 0.05) is 17.9 Å². The van der Waals surface area contributed by atoms with Crippen molar-refractivity contribution in [3.63, 3.8) is 0 Å². The van der Waals surface area contributed by atoms with Gasteiger partial charge >= 0.3 is 0 Å². The summed E-state index contributed by atoms with van der Waals surface area (Å²) in [6.45, 7) is 4.21. The Balaban J connectivity index is 1.46.